The highest BCUT2D eigenvalue weighted by Crippen LogP contribution is 2.28. The summed E-state index contributed by atoms with van der Waals surface area (Å²) in [5, 5.41) is 8.67. The molecule has 0 aliphatic carbocycles. The van der Waals surface area contributed by atoms with Crippen molar-refractivity contribution in [1.82, 2.24) is 8.61 Å². The number of hydrogen-bond donors (Lipinski definition) is 0. The third kappa shape index (κ3) is 3.01. The molecule has 0 N–H and O–H groups in total. The van der Waals surface area contributed by atoms with Crippen molar-refractivity contribution in [3.05, 3.63) is 24.3 Å². The summed E-state index contributed by atoms with van der Waals surface area (Å²) in [6.07, 6.45) is 1.53. The highest BCUT2D eigenvalue weighted by Gasteiger charge is 2.34. The summed E-state index contributed by atoms with van der Waals surface area (Å²) < 4.78 is 52.4. The maximum atomic E-state index is 12.7. The van der Waals surface area contributed by atoms with Crippen LogP contribution in [-0.4, -0.2) is 52.1 Å². The van der Waals surface area contributed by atoms with Gasteiger partial charge in [-0.3, -0.25) is 0 Å². The Bertz CT molecular complexity index is 791. The van der Waals surface area contributed by atoms with Crippen molar-refractivity contribution in [2.75, 3.05) is 26.7 Å². The van der Waals surface area contributed by atoms with Gasteiger partial charge in [-0.15, -0.1) is 0 Å². The number of nitrogens with zero attached hydrogens (tertiary/aromatic N) is 3. The normalized spacial score (nSPS) is 16.8. The minimum absolute atomic E-state index is 0.235. The first-order valence-corrected chi connectivity index (χ1v) is 9.62. The SMILES string of the molecule is CN(CC#N)S(=O)(=O)c1ccccc1S(=O)(=O)N1CCCC1. The molecule has 1 aromatic rings. The van der Waals surface area contributed by atoms with Crippen molar-refractivity contribution >= 4 is 20.0 Å². The minimum Gasteiger partial charge on any atom is -0.207 e. The van der Waals surface area contributed by atoms with Gasteiger partial charge in [-0.05, 0) is 25.0 Å². The maximum Gasteiger partial charge on any atom is 0.245 e. The summed E-state index contributed by atoms with van der Waals surface area (Å²) in [6.45, 7) is 0.440. The van der Waals surface area contributed by atoms with Crippen LogP contribution in [-0.2, 0) is 20.0 Å². The third-order valence-corrected chi connectivity index (χ3v) is 7.46. The summed E-state index contributed by atoms with van der Waals surface area (Å²) in [4.78, 5) is -0.527. The number of hydrogen-bond acceptors (Lipinski definition) is 5. The molecule has 0 saturated carbocycles. The summed E-state index contributed by atoms with van der Waals surface area (Å²) in [5.41, 5.74) is 0. The Morgan fingerprint density at radius 2 is 1.68 bits per heavy atom. The van der Waals surface area contributed by atoms with Crippen LogP contribution < -0.4 is 0 Å². The van der Waals surface area contributed by atoms with Crippen molar-refractivity contribution in [1.29, 1.82) is 5.26 Å². The topological polar surface area (TPSA) is 98.5 Å². The lowest BCUT2D eigenvalue weighted by molar-refractivity contribution is 0.471. The number of rotatable bonds is 5. The van der Waals surface area contributed by atoms with E-state index in [1.807, 2.05) is 0 Å². The number of nitriles is 1. The van der Waals surface area contributed by atoms with Crippen molar-refractivity contribution < 1.29 is 16.8 Å². The molecule has 0 bridgehead atoms. The summed E-state index contributed by atoms with van der Waals surface area (Å²) in [6, 6.07) is 7.25. The van der Waals surface area contributed by atoms with E-state index in [2.05, 4.69) is 0 Å². The Hall–Kier alpha value is -1.47. The molecule has 2 rings (SSSR count). The lowest BCUT2D eigenvalue weighted by atomic mass is 10.4. The molecule has 0 spiro atoms. The fourth-order valence-electron chi connectivity index (χ4n) is 2.30. The number of sulfonamides is 2. The van der Waals surface area contributed by atoms with Crippen molar-refractivity contribution in [2.45, 2.75) is 22.6 Å². The van der Waals surface area contributed by atoms with Crippen LogP contribution in [0.15, 0.2) is 34.1 Å². The molecule has 7 nitrogen and oxygen atoms in total. The maximum absolute atomic E-state index is 12.7. The van der Waals surface area contributed by atoms with Crippen LogP contribution in [0.5, 0.6) is 0 Å². The van der Waals surface area contributed by atoms with E-state index in [0.717, 1.165) is 17.1 Å². The molecule has 9 heteroatoms. The van der Waals surface area contributed by atoms with Crippen LogP contribution in [0.1, 0.15) is 12.8 Å². The van der Waals surface area contributed by atoms with E-state index in [1.54, 1.807) is 6.07 Å². The van der Waals surface area contributed by atoms with Gasteiger partial charge in [-0.1, -0.05) is 12.1 Å². The van der Waals surface area contributed by atoms with Gasteiger partial charge in [0.2, 0.25) is 20.0 Å². The molecule has 1 aliphatic rings. The second-order valence-electron chi connectivity index (χ2n) is 4.98. The Kier molecular flexibility index (Phi) is 4.87. The van der Waals surface area contributed by atoms with Gasteiger partial charge in [0.15, 0.2) is 0 Å². The van der Waals surface area contributed by atoms with Crippen LogP contribution in [0.2, 0.25) is 0 Å². The van der Waals surface area contributed by atoms with Crippen molar-refractivity contribution in [2.24, 2.45) is 0 Å². The van der Waals surface area contributed by atoms with Crippen LogP contribution >= 0.6 is 0 Å². The molecule has 22 heavy (non-hydrogen) atoms. The summed E-state index contributed by atoms with van der Waals surface area (Å²) in [5.74, 6) is 0. The van der Waals surface area contributed by atoms with Gasteiger partial charge >= 0.3 is 0 Å². The average Bonchev–Trinajstić information content (AvgIpc) is 3.02. The first-order valence-electron chi connectivity index (χ1n) is 6.74. The highest BCUT2D eigenvalue weighted by molar-refractivity contribution is 7.92. The quantitative estimate of drug-likeness (QED) is 0.730. The fraction of sp³-hybridized carbons (Fsp3) is 0.462. The van der Waals surface area contributed by atoms with E-state index in [-0.39, 0.29) is 16.3 Å². The fourth-order valence-corrected chi connectivity index (χ4v) is 5.65. The smallest absolute Gasteiger partial charge is 0.207 e. The van der Waals surface area contributed by atoms with E-state index in [0.29, 0.717) is 13.1 Å². The summed E-state index contributed by atoms with van der Waals surface area (Å²) in [7, 11) is -6.65. The van der Waals surface area contributed by atoms with Gasteiger partial charge in [-0.25, -0.2) is 16.8 Å². The first kappa shape index (κ1) is 16.9. The lowest BCUT2D eigenvalue weighted by Gasteiger charge is -2.20. The van der Waals surface area contributed by atoms with Gasteiger partial charge in [-0.2, -0.15) is 13.9 Å². The third-order valence-electron chi connectivity index (χ3n) is 3.51. The van der Waals surface area contributed by atoms with Gasteiger partial charge in [0, 0.05) is 20.1 Å². The average molecular weight is 343 g/mol. The molecule has 120 valence electrons. The zero-order valence-electron chi connectivity index (χ0n) is 12.1. The van der Waals surface area contributed by atoms with Gasteiger partial charge in [0.1, 0.15) is 16.3 Å². The molecule has 1 aromatic carbocycles. The van der Waals surface area contributed by atoms with Crippen LogP contribution in [0, 0.1) is 11.3 Å². The Labute approximate surface area is 130 Å². The molecule has 1 saturated heterocycles. The molecule has 1 aliphatic heterocycles. The Morgan fingerprint density at radius 1 is 1.14 bits per heavy atom. The van der Waals surface area contributed by atoms with E-state index >= 15 is 0 Å². The monoisotopic (exact) mass is 343 g/mol. The molecular formula is C13H17N3O4S2. The molecule has 0 atom stereocenters. The second-order valence-corrected chi connectivity index (χ2v) is 8.90. The first-order chi connectivity index (χ1) is 10.3. The van der Waals surface area contributed by atoms with E-state index in [4.69, 9.17) is 5.26 Å². The molecule has 0 aromatic heterocycles. The Balaban J connectivity index is 2.55. The van der Waals surface area contributed by atoms with Crippen LogP contribution in [0.4, 0.5) is 0 Å². The van der Waals surface area contributed by atoms with Gasteiger partial charge in [0.25, 0.3) is 0 Å². The van der Waals surface area contributed by atoms with E-state index in [9.17, 15) is 16.8 Å². The molecule has 0 radical (unpaired) electrons. The number of benzene rings is 1. The zero-order valence-corrected chi connectivity index (χ0v) is 13.8. The molecule has 0 unspecified atom stereocenters. The molecular weight excluding hydrogens is 326 g/mol. The molecule has 1 fully saturated rings. The van der Waals surface area contributed by atoms with Crippen molar-refractivity contribution in [3.8, 4) is 6.07 Å². The lowest BCUT2D eigenvalue weighted by Crippen LogP contribution is -2.32. The predicted molar refractivity (Wildman–Crippen MR) is 79.9 cm³/mol. The molecule has 1 heterocycles. The summed E-state index contributed by atoms with van der Waals surface area (Å²) >= 11 is 0. The highest BCUT2D eigenvalue weighted by atomic mass is 32.2. The van der Waals surface area contributed by atoms with Gasteiger partial charge in [0.05, 0.1) is 6.07 Å². The molecule has 0 amide bonds. The Morgan fingerprint density at radius 3 is 2.23 bits per heavy atom. The van der Waals surface area contributed by atoms with E-state index < -0.39 is 20.0 Å². The van der Waals surface area contributed by atoms with Crippen molar-refractivity contribution in [3.63, 3.8) is 0 Å². The van der Waals surface area contributed by atoms with E-state index in [1.165, 1.54) is 35.6 Å². The van der Waals surface area contributed by atoms with Crippen LogP contribution in [0.25, 0.3) is 0 Å². The minimum atomic E-state index is -4.04. The predicted octanol–water partition coefficient (Wildman–Crippen LogP) is 0.615. The standard InChI is InChI=1S/C13H17N3O4S2/c1-15(11-8-14)21(17,18)12-6-2-3-7-13(12)22(19,20)16-9-4-5-10-16/h2-3,6-7H,4-5,9-11H2,1H3. The largest absolute Gasteiger partial charge is 0.245 e. The second kappa shape index (κ2) is 6.34. The van der Waals surface area contributed by atoms with Crippen LogP contribution in [0.3, 0.4) is 0 Å². The van der Waals surface area contributed by atoms with Gasteiger partial charge < -0.3 is 0 Å². The zero-order chi connectivity index (χ0) is 16.4.